The molecule has 2 N–H and O–H groups in total. The van der Waals surface area contributed by atoms with Crippen LogP contribution in [0.25, 0.3) is 0 Å². The van der Waals surface area contributed by atoms with E-state index in [9.17, 15) is 4.39 Å². The number of rotatable bonds is 4. The van der Waals surface area contributed by atoms with Crippen molar-refractivity contribution < 1.29 is 4.39 Å². The van der Waals surface area contributed by atoms with E-state index in [1.807, 2.05) is 12.1 Å². The fraction of sp³-hybridized carbons (Fsp3) is 0.538. The van der Waals surface area contributed by atoms with Crippen LogP contribution in [-0.4, -0.2) is 24.5 Å². The maximum absolute atomic E-state index is 13.5. The molecule has 0 amide bonds. The highest BCUT2D eigenvalue weighted by molar-refractivity contribution is 5.26. The number of likely N-dealkylation sites (N-methyl/N-ethyl adjacent to an activating group) is 1. The summed E-state index contributed by atoms with van der Waals surface area (Å²) in [4.78, 5) is 2.27. The third kappa shape index (κ3) is 2.25. The molecule has 1 unspecified atom stereocenters. The Kier molecular flexibility index (Phi) is 3.26. The first-order valence-electron chi connectivity index (χ1n) is 5.81. The maximum atomic E-state index is 13.5. The normalized spacial score (nSPS) is 17.8. The molecule has 0 saturated heterocycles. The third-order valence-electron chi connectivity index (χ3n) is 3.42. The molecule has 0 spiro atoms. The van der Waals surface area contributed by atoms with Crippen molar-refractivity contribution >= 4 is 0 Å². The Labute approximate surface area is 96.2 Å². The molecule has 0 aromatic heterocycles. The van der Waals surface area contributed by atoms with E-state index in [1.165, 1.54) is 12.8 Å². The van der Waals surface area contributed by atoms with E-state index in [0.29, 0.717) is 18.2 Å². The van der Waals surface area contributed by atoms with Crippen LogP contribution in [0.2, 0.25) is 0 Å². The van der Waals surface area contributed by atoms with Crippen LogP contribution in [0.4, 0.5) is 4.39 Å². The van der Waals surface area contributed by atoms with Gasteiger partial charge in [-0.15, -0.1) is 0 Å². The molecule has 1 aliphatic carbocycles. The Morgan fingerprint density at radius 1 is 1.50 bits per heavy atom. The molecular formula is C13H19FN2. The summed E-state index contributed by atoms with van der Waals surface area (Å²) in [5.41, 5.74) is 7.47. The molecule has 2 rings (SSSR count). The highest BCUT2D eigenvalue weighted by Crippen LogP contribution is 2.32. The number of halogens is 1. The topological polar surface area (TPSA) is 29.3 Å². The van der Waals surface area contributed by atoms with Crippen molar-refractivity contribution in [2.24, 2.45) is 5.73 Å². The zero-order valence-electron chi connectivity index (χ0n) is 9.91. The minimum absolute atomic E-state index is 0.139. The van der Waals surface area contributed by atoms with Gasteiger partial charge in [-0.3, -0.25) is 4.90 Å². The first kappa shape index (κ1) is 11.6. The average molecular weight is 222 g/mol. The van der Waals surface area contributed by atoms with E-state index in [1.54, 1.807) is 13.0 Å². The summed E-state index contributed by atoms with van der Waals surface area (Å²) in [6.45, 7) is 2.32. The van der Waals surface area contributed by atoms with Gasteiger partial charge in [0.2, 0.25) is 0 Å². The highest BCUT2D eigenvalue weighted by Gasteiger charge is 2.31. The Morgan fingerprint density at radius 3 is 2.69 bits per heavy atom. The summed E-state index contributed by atoms with van der Waals surface area (Å²) in [5.74, 6) is -0.139. The smallest absolute Gasteiger partial charge is 0.126 e. The summed E-state index contributed by atoms with van der Waals surface area (Å²) < 4.78 is 13.5. The Morgan fingerprint density at radius 2 is 2.19 bits per heavy atom. The molecule has 88 valence electrons. The van der Waals surface area contributed by atoms with Gasteiger partial charge in [-0.2, -0.15) is 0 Å². The molecule has 1 fully saturated rings. The van der Waals surface area contributed by atoms with Crippen molar-refractivity contribution in [3.63, 3.8) is 0 Å². The van der Waals surface area contributed by atoms with Crippen LogP contribution in [-0.2, 0) is 0 Å². The van der Waals surface area contributed by atoms with Gasteiger partial charge in [0, 0.05) is 18.6 Å². The first-order valence-corrected chi connectivity index (χ1v) is 5.81. The quantitative estimate of drug-likeness (QED) is 0.846. The van der Waals surface area contributed by atoms with Crippen LogP contribution in [0.15, 0.2) is 18.2 Å². The van der Waals surface area contributed by atoms with Gasteiger partial charge in [-0.25, -0.2) is 4.39 Å². The van der Waals surface area contributed by atoms with Crippen molar-refractivity contribution in [3.05, 3.63) is 35.1 Å². The molecule has 0 aliphatic heterocycles. The van der Waals surface area contributed by atoms with Crippen molar-refractivity contribution in [2.75, 3.05) is 13.6 Å². The second-order valence-corrected chi connectivity index (χ2v) is 4.66. The van der Waals surface area contributed by atoms with Gasteiger partial charge in [0.15, 0.2) is 0 Å². The monoisotopic (exact) mass is 222 g/mol. The standard InChI is InChI=1S/C13H19FN2/c1-9-3-4-10(7-12(9)14)13(8-15)16(2)11-5-6-11/h3-4,7,11,13H,5-6,8,15H2,1-2H3. The number of aryl methyl sites for hydroxylation is 1. The van der Waals surface area contributed by atoms with Gasteiger partial charge in [0.1, 0.15) is 5.82 Å². The Balaban J connectivity index is 2.21. The minimum atomic E-state index is -0.139. The molecule has 0 bridgehead atoms. The zero-order chi connectivity index (χ0) is 11.7. The molecule has 1 aliphatic rings. The van der Waals surface area contributed by atoms with Crippen LogP contribution >= 0.6 is 0 Å². The lowest BCUT2D eigenvalue weighted by Gasteiger charge is -2.27. The van der Waals surface area contributed by atoms with Gasteiger partial charge in [0.05, 0.1) is 0 Å². The SMILES string of the molecule is Cc1ccc(C(CN)N(C)C2CC2)cc1F. The molecule has 0 radical (unpaired) electrons. The van der Waals surface area contributed by atoms with Crippen LogP contribution in [0.3, 0.4) is 0 Å². The van der Waals surface area contributed by atoms with E-state index in [2.05, 4.69) is 11.9 Å². The van der Waals surface area contributed by atoms with Crippen LogP contribution < -0.4 is 5.73 Å². The van der Waals surface area contributed by atoms with Gasteiger partial charge >= 0.3 is 0 Å². The number of nitrogens with two attached hydrogens (primary N) is 1. The minimum Gasteiger partial charge on any atom is -0.329 e. The fourth-order valence-electron chi connectivity index (χ4n) is 2.09. The van der Waals surface area contributed by atoms with Gasteiger partial charge in [-0.05, 0) is 44.0 Å². The van der Waals surface area contributed by atoms with Gasteiger partial charge in [-0.1, -0.05) is 12.1 Å². The molecule has 1 atom stereocenters. The number of benzene rings is 1. The third-order valence-corrected chi connectivity index (χ3v) is 3.42. The van der Waals surface area contributed by atoms with E-state index in [-0.39, 0.29) is 11.9 Å². The number of nitrogens with zero attached hydrogens (tertiary/aromatic N) is 1. The molecule has 2 nitrogen and oxygen atoms in total. The lowest BCUT2D eigenvalue weighted by molar-refractivity contribution is 0.239. The van der Waals surface area contributed by atoms with Gasteiger partial charge in [0.25, 0.3) is 0 Å². The second kappa shape index (κ2) is 4.52. The number of hydrogen-bond acceptors (Lipinski definition) is 2. The summed E-state index contributed by atoms with van der Waals surface area (Å²) in [6.07, 6.45) is 2.47. The molecule has 1 aromatic rings. The first-order chi connectivity index (χ1) is 7.63. The summed E-state index contributed by atoms with van der Waals surface area (Å²) in [7, 11) is 2.08. The average Bonchev–Trinajstić information content (AvgIpc) is 3.07. The second-order valence-electron chi connectivity index (χ2n) is 4.66. The van der Waals surface area contributed by atoms with Crippen molar-refractivity contribution in [3.8, 4) is 0 Å². The Hall–Kier alpha value is -0.930. The van der Waals surface area contributed by atoms with Crippen LogP contribution in [0, 0.1) is 12.7 Å². The zero-order valence-corrected chi connectivity index (χ0v) is 9.91. The Bertz CT molecular complexity index is 374. The van der Waals surface area contributed by atoms with Crippen LogP contribution in [0.5, 0.6) is 0 Å². The fourth-order valence-corrected chi connectivity index (χ4v) is 2.09. The molecule has 1 aromatic carbocycles. The van der Waals surface area contributed by atoms with Crippen molar-refractivity contribution in [2.45, 2.75) is 31.8 Å². The van der Waals surface area contributed by atoms with E-state index < -0.39 is 0 Å². The summed E-state index contributed by atoms with van der Waals surface area (Å²) in [6, 6.07) is 6.20. The maximum Gasteiger partial charge on any atom is 0.126 e. The van der Waals surface area contributed by atoms with Crippen molar-refractivity contribution in [1.29, 1.82) is 0 Å². The van der Waals surface area contributed by atoms with E-state index in [4.69, 9.17) is 5.73 Å². The lowest BCUT2D eigenvalue weighted by Crippen LogP contribution is -2.32. The molecule has 1 saturated carbocycles. The summed E-state index contributed by atoms with van der Waals surface area (Å²) >= 11 is 0. The van der Waals surface area contributed by atoms with Crippen molar-refractivity contribution in [1.82, 2.24) is 4.90 Å². The molecule has 0 heterocycles. The predicted octanol–water partition coefficient (Wildman–Crippen LogP) is 2.23. The van der Waals surface area contributed by atoms with E-state index in [0.717, 1.165) is 5.56 Å². The molecular weight excluding hydrogens is 203 g/mol. The largest absolute Gasteiger partial charge is 0.329 e. The highest BCUT2D eigenvalue weighted by atomic mass is 19.1. The van der Waals surface area contributed by atoms with Gasteiger partial charge < -0.3 is 5.73 Å². The molecule has 16 heavy (non-hydrogen) atoms. The van der Waals surface area contributed by atoms with E-state index >= 15 is 0 Å². The lowest BCUT2D eigenvalue weighted by atomic mass is 10.0. The predicted molar refractivity (Wildman–Crippen MR) is 63.7 cm³/mol. The summed E-state index contributed by atoms with van der Waals surface area (Å²) in [5, 5.41) is 0. The molecule has 3 heteroatoms. The number of hydrogen-bond donors (Lipinski definition) is 1. The van der Waals surface area contributed by atoms with Crippen LogP contribution in [0.1, 0.15) is 30.0 Å².